The molecule has 1 aliphatic rings. The van der Waals surface area contributed by atoms with E-state index in [1.165, 1.54) is 19.3 Å². The van der Waals surface area contributed by atoms with Gasteiger partial charge in [-0.25, -0.2) is 0 Å². The van der Waals surface area contributed by atoms with Crippen LogP contribution in [0.3, 0.4) is 0 Å². The minimum absolute atomic E-state index is 0.0805. The number of hydrogen-bond acceptors (Lipinski definition) is 2. The van der Waals surface area contributed by atoms with E-state index in [4.69, 9.17) is 0 Å². The summed E-state index contributed by atoms with van der Waals surface area (Å²) in [6, 6.07) is 15.2. The Kier molecular flexibility index (Phi) is 4.44. The first-order chi connectivity index (χ1) is 10.6. The molecule has 1 saturated heterocycles. The molecule has 0 bridgehead atoms. The van der Waals surface area contributed by atoms with Gasteiger partial charge in [-0.2, -0.15) is 0 Å². The van der Waals surface area contributed by atoms with Crippen molar-refractivity contribution >= 4 is 22.4 Å². The normalized spacial score (nSPS) is 22.6. The van der Waals surface area contributed by atoms with Crippen LogP contribution in [-0.2, 0) is 4.79 Å². The Hall–Kier alpha value is -1.87. The third-order valence-corrected chi connectivity index (χ3v) is 4.77. The molecule has 1 amide bonds. The van der Waals surface area contributed by atoms with Gasteiger partial charge in [-0.3, -0.25) is 9.69 Å². The van der Waals surface area contributed by atoms with Crippen molar-refractivity contribution in [1.29, 1.82) is 0 Å². The minimum Gasteiger partial charge on any atom is -0.324 e. The summed E-state index contributed by atoms with van der Waals surface area (Å²) in [5.41, 5.74) is 0.903. The average molecular weight is 296 g/mol. The number of carbonyl (C=O) groups excluding carboxylic acids is 1. The van der Waals surface area contributed by atoms with Crippen LogP contribution in [0.25, 0.3) is 10.8 Å². The molecule has 1 fully saturated rings. The number of carbonyl (C=O) groups is 1. The lowest BCUT2D eigenvalue weighted by Gasteiger charge is -2.38. The SMILES string of the molecule is CC1CCCC(C)N1CC(=O)Nc1cccc2ccccc12. The minimum atomic E-state index is 0.0805. The predicted molar refractivity (Wildman–Crippen MR) is 92.1 cm³/mol. The van der Waals surface area contributed by atoms with Gasteiger partial charge in [0, 0.05) is 23.2 Å². The monoisotopic (exact) mass is 296 g/mol. The molecule has 0 aliphatic carbocycles. The van der Waals surface area contributed by atoms with Gasteiger partial charge in [0.2, 0.25) is 5.91 Å². The summed E-state index contributed by atoms with van der Waals surface area (Å²) in [7, 11) is 0. The number of hydrogen-bond donors (Lipinski definition) is 1. The first-order valence-electron chi connectivity index (χ1n) is 8.18. The number of nitrogens with one attached hydrogen (secondary N) is 1. The van der Waals surface area contributed by atoms with Crippen LogP contribution in [0.15, 0.2) is 42.5 Å². The zero-order chi connectivity index (χ0) is 15.5. The Morgan fingerprint density at radius 2 is 1.77 bits per heavy atom. The highest BCUT2D eigenvalue weighted by atomic mass is 16.2. The summed E-state index contributed by atoms with van der Waals surface area (Å²) in [6.45, 7) is 4.92. The molecular formula is C19H24N2O. The second-order valence-corrected chi connectivity index (χ2v) is 6.38. The molecule has 2 aromatic carbocycles. The zero-order valence-electron chi connectivity index (χ0n) is 13.4. The van der Waals surface area contributed by atoms with Gasteiger partial charge < -0.3 is 5.32 Å². The van der Waals surface area contributed by atoms with Crippen molar-refractivity contribution in [2.45, 2.75) is 45.2 Å². The fraction of sp³-hybridized carbons (Fsp3) is 0.421. The molecule has 3 nitrogen and oxygen atoms in total. The smallest absolute Gasteiger partial charge is 0.238 e. The van der Waals surface area contributed by atoms with Crippen LogP contribution < -0.4 is 5.32 Å². The highest BCUT2D eigenvalue weighted by Crippen LogP contribution is 2.24. The van der Waals surface area contributed by atoms with Crippen LogP contribution in [0.5, 0.6) is 0 Å². The van der Waals surface area contributed by atoms with Crippen molar-refractivity contribution in [3.8, 4) is 0 Å². The lowest BCUT2D eigenvalue weighted by Crippen LogP contribution is -2.47. The number of nitrogens with zero attached hydrogens (tertiary/aromatic N) is 1. The van der Waals surface area contributed by atoms with E-state index in [0.29, 0.717) is 18.6 Å². The summed E-state index contributed by atoms with van der Waals surface area (Å²) in [4.78, 5) is 14.8. The second kappa shape index (κ2) is 6.49. The molecule has 2 atom stereocenters. The Morgan fingerprint density at radius 1 is 1.09 bits per heavy atom. The van der Waals surface area contributed by atoms with E-state index < -0.39 is 0 Å². The quantitative estimate of drug-likeness (QED) is 0.927. The molecule has 22 heavy (non-hydrogen) atoms. The third-order valence-electron chi connectivity index (χ3n) is 4.77. The summed E-state index contributed by atoms with van der Waals surface area (Å²) >= 11 is 0. The van der Waals surface area contributed by atoms with E-state index in [2.05, 4.69) is 42.3 Å². The lowest BCUT2D eigenvalue weighted by atomic mass is 9.97. The van der Waals surface area contributed by atoms with E-state index in [1.807, 2.05) is 24.3 Å². The van der Waals surface area contributed by atoms with Gasteiger partial charge >= 0.3 is 0 Å². The topological polar surface area (TPSA) is 32.3 Å². The van der Waals surface area contributed by atoms with E-state index in [1.54, 1.807) is 0 Å². The number of fused-ring (bicyclic) bond motifs is 1. The molecule has 1 N–H and O–H groups in total. The molecular weight excluding hydrogens is 272 g/mol. The lowest BCUT2D eigenvalue weighted by molar-refractivity contribution is -0.118. The molecule has 0 aromatic heterocycles. The average Bonchev–Trinajstić information content (AvgIpc) is 2.51. The van der Waals surface area contributed by atoms with Crippen molar-refractivity contribution in [2.24, 2.45) is 0 Å². The Bertz CT molecular complexity index is 652. The number of amides is 1. The van der Waals surface area contributed by atoms with Gasteiger partial charge in [0.15, 0.2) is 0 Å². The van der Waals surface area contributed by atoms with E-state index >= 15 is 0 Å². The first-order valence-corrected chi connectivity index (χ1v) is 8.18. The number of likely N-dealkylation sites (tertiary alicyclic amines) is 1. The van der Waals surface area contributed by atoms with Gasteiger partial charge in [-0.05, 0) is 38.1 Å². The van der Waals surface area contributed by atoms with Crippen molar-refractivity contribution in [1.82, 2.24) is 4.90 Å². The van der Waals surface area contributed by atoms with Crippen LogP contribution in [0.2, 0.25) is 0 Å². The predicted octanol–water partition coefficient (Wildman–Crippen LogP) is 4.04. The Labute approximate surface area is 132 Å². The maximum absolute atomic E-state index is 12.5. The summed E-state index contributed by atoms with van der Waals surface area (Å²) in [6.07, 6.45) is 3.64. The van der Waals surface area contributed by atoms with E-state index in [9.17, 15) is 4.79 Å². The molecule has 0 saturated carbocycles. The third kappa shape index (κ3) is 3.14. The van der Waals surface area contributed by atoms with Crippen LogP contribution >= 0.6 is 0 Å². The highest BCUT2D eigenvalue weighted by molar-refractivity contribution is 6.02. The van der Waals surface area contributed by atoms with Gasteiger partial charge in [0.25, 0.3) is 0 Å². The molecule has 1 aliphatic heterocycles. The van der Waals surface area contributed by atoms with Gasteiger partial charge in [-0.1, -0.05) is 42.8 Å². The fourth-order valence-electron chi connectivity index (χ4n) is 3.48. The summed E-state index contributed by atoms with van der Waals surface area (Å²) in [5, 5.41) is 5.34. The highest BCUT2D eigenvalue weighted by Gasteiger charge is 2.26. The maximum Gasteiger partial charge on any atom is 0.238 e. The standard InChI is InChI=1S/C19H24N2O/c1-14-7-5-8-15(2)21(14)13-19(22)20-18-12-6-10-16-9-3-4-11-17(16)18/h3-4,6,9-12,14-15H,5,7-8,13H2,1-2H3,(H,20,22). The largest absolute Gasteiger partial charge is 0.324 e. The fourth-order valence-corrected chi connectivity index (χ4v) is 3.48. The van der Waals surface area contributed by atoms with Crippen molar-refractivity contribution in [3.05, 3.63) is 42.5 Å². The summed E-state index contributed by atoms with van der Waals surface area (Å²) < 4.78 is 0. The van der Waals surface area contributed by atoms with E-state index in [0.717, 1.165) is 16.5 Å². The zero-order valence-corrected chi connectivity index (χ0v) is 13.4. The first kappa shape index (κ1) is 15.0. The van der Waals surface area contributed by atoms with Gasteiger partial charge in [-0.15, -0.1) is 0 Å². The van der Waals surface area contributed by atoms with Crippen molar-refractivity contribution in [3.63, 3.8) is 0 Å². The second-order valence-electron chi connectivity index (χ2n) is 6.38. The van der Waals surface area contributed by atoms with Crippen molar-refractivity contribution < 1.29 is 4.79 Å². The van der Waals surface area contributed by atoms with Crippen LogP contribution in [0.4, 0.5) is 5.69 Å². The van der Waals surface area contributed by atoms with Crippen LogP contribution in [0.1, 0.15) is 33.1 Å². The maximum atomic E-state index is 12.5. The number of anilines is 1. The molecule has 2 aromatic rings. The molecule has 3 heteroatoms. The molecule has 0 spiro atoms. The number of rotatable bonds is 3. The van der Waals surface area contributed by atoms with Crippen LogP contribution in [-0.4, -0.2) is 29.4 Å². The van der Waals surface area contributed by atoms with Crippen molar-refractivity contribution in [2.75, 3.05) is 11.9 Å². The molecule has 0 radical (unpaired) electrons. The molecule has 116 valence electrons. The molecule has 1 heterocycles. The summed E-state index contributed by atoms with van der Waals surface area (Å²) in [5.74, 6) is 0.0805. The number of piperidine rings is 1. The molecule has 3 rings (SSSR count). The molecule has 2 unspecified atom stereocenters. The Balaban J connectivity index is 1.73. The van der Waals surface area contributed by atoms with Gasteiger partial charge in [0.1, 0.15) is 0 Å². The Morgan fingerprint density at radius 3 is 2.55 bits per heavy atom. The number of benzene rings is 2. The van der Waals surface area contributed by atoms with Crippen LogP contribution in [0, 0.1) is 0 Å². The van der Waals surface area contributed by atoms with Gasteiger partial charge in [0.05, 0.1) is 6.54 Å². The van der Waals surface area contributed by atoms with E-state index in [-0.39, 0.29) is 5.91 Å².